The van der Waals surface area contributed by atoms with E-state index in [2.05, 4.69) is 4.98 Å². The van der Waals surface area contributed by atoms with Gasteiger partial charge in [-0.1, -0.05) is 6.07 Å². The van der Waals surface area contributed by atoms with E-state index in [0.717, 1.165) is 0 Å². The van der Waals surface area contributed by atoms with Gasteiger partial charge in [-0.3, -0.25) is 14.6 Å². The number of amides is 1. The number of ketones is 1. The third kappa shape index (κ3) is 4.49. The Morgan fingerprint density at radius 3 is 2.89 bits per heavy atom. The Morgan fingerprint density at radius 1 is 1.30 bits per heavy atom. The topological polar surface area (TPSA) is 85.5 Å². The van der Waals surface area contributed by atoms with E-state index in [-0.39, 0.29) is 42.9 Å². The quantitative estimate of drug-likeness (QED) is 0.788. The number of Topliss-reactive ketones (excluding diaryl/α,β-unsaturated/α-hetero) is 1. The number of piperidine rings is 1. The van der Waals surface area contributed by atoms with E-state index in [9.17, 15) is 14.0 Å². The Labute approximate surface area is 157 Å². The number of rotatable bonds is 6. The molecule has 1 aromatic heterocycles. The largest absolute Gasteiger partial charge is 0.491 e. The first kappa shape index (κ1) is 19.0. The molecule has 1 unspecified atom stereocenters. The predicted molar refractivity (Wildman–Crippen MR) is 98.1 cm³/mol. The van der Waals surface area contributed by atoms with E-state index in [1.165, 1.54) is 18.2 Å². The number of hydrogen-bond acceptors (Lipinski definition) is 5. The molecule has 0 saturated carbocycles. The third-order valence-electron chi connectivity index (χ3n) is 4.54. The van der Waals surface area contributed by atoms with Crippen molar-refractivity contribution >= 4 is 11.7 Å². The second-order valence-corrected chi connectivity index (χ2v) is 6.45. The normalized spacial score (nSPS) is 16.8. The van der Waals surface area contributed by atoms with Crippen molar-refractivity contribution in [3.8, 4) is 5.75 Å². The van der Waals surface area contributed by atoms with Gasteiger partial charge < -0.3 is 15.4 Å². The summed E-state index contributed by atoms with van der Waals surface area (Å²) in [6.07, 6.45) is 2.97. The van der Waals surface area contributed by atoms with Gasteiger partial charge in [0, 0.05) is 31.7 Å². The van der Waals surface area contributed by atoms with Crippen LogP contribution >= 0.6 is 0 Å². The van der Waals surface area contributed by atoms with Crippen molar-refractivity contribution in [3.05, 3.63) is 59.7 Å². The van der Waals surface area contributed by atoms with Crippen LogP contribution in [-0.2, 0) is 0 Å². The highest BCUT2D eigenvalue weighted by Gasteiger charge is 2.31. The maximum absolute atomic E-state index is 13.7. The standard InChI is InChI=1S/C20H22FN3O3/c21-15-6-7-18(27-11-8-22)16(12-15)20(26)24-10-3-4-14(13-24)19(25)17-5-1-2-9-23-17/h1-2,5-7,9,12,14H,3-4,8,10-11,13,22H2. The van der Waals surface area contributed by atoms with Crippen LogP contribution in [0, 0.1) is 11.7 Å². The monoisotopic (exact) mass is 371 g/mol. The molecule has 7 heteroatoms. The molecule has 1 aliphatic rings. The molecule has 3 rings (SSSR count). The average Bonchev–Trinajstić information content (AvgIpc) is 2.72. The number of nitrogens with two attached hydrogens (primary N) is 1. The molecule has 2 N–H and O–H groups in total. The van der Waals surface area contributed by atoms with E-state index in [1.54, 1.807) is 29.3 Å². The molecule has 1 fully saturated rings. The van der Waals surface area contributed by atoms with Crippen molar-refractivity contribution in [3.63, 3.8) is 0 Å². The number of pyridine rings is 1. The Morgan fingerprint density at radius 2 is 2.15 bits per heavy atom. The highest BCUT2D eigenvalue weighted by molar-refractivity contribution is 5.99. The van der Waals surface area contributed by atoms with Gasteiger partial charge in [0.05, 0.1) is 5.56 Å². The SMILES string of the molecule is NCCOc1ccc(F)cc1C(=O)N1CCCC(C(=O)c2ccccn2)C1. The van der Waals surface area contributed by atoms with Crippen LogP contribution < -0.4 is 10.5 Å². The highest BCUT2D eigenvalue weighted by Crippen LogP contribution is 2.26. The molecule has 2 heterocycles. The first-order valence-electron chi connectivity index (χ1n) is 8.97. The zero-order valence-electron chi connectivity index (χ0n) is 14.9. The van der Waals surface area contributed by atoms with E-state index < -0.39 is 5.82 Å². The first-order valence-corrected chi connectivity index (χ1v) is 8.97. The molecular weight excluding hydrogens is 349 g/mol. The smallest absolute Gasteiger partial charge is 0.257 e. The molecule has 0 radical (unpaired) electrons. The number of benzene rings is 1. The zero-order valence-corrected chi connectivity index (χ0v) is 14.9. The number of aromatic nitrogens is 1. The number of carbonyl (C=O) groups is 2. The van der Waals surface area contributed by atoms with Crippen LogP contribution in [0.1, 0.15) is 33.7 Å². The summed E-state index contributed by atoms with van der Waals surface area (Å²) >= 11 is 0. The van der Waals surface area contributed by atoms with Crippen LogP contribution in [0.15, 0.2) is 42.6 Å². The van der Waals surface area contributed by atoms with Crippen LogP contribution in [0.2, 0.25) is 0 Å². The number of likely N-dealkylation sites (tertiary alicyclic amines) is 1. The number of ether oxygens (including phenoxy) is 1. The maximum atomic E-state index is 13.7. The van der Waals surface area contributed by atoms with Gasteiger partial charge in [0.25, 0.3) is 5.91 Å². The van der Waals surface area contributed by atoms with Crippen LogP contribution in [0.25, 0.3) is 0 Å². The summed E-state index contributed by atoms with van der Waals surface area (Å²) < 4.78 is 19.2. The Hall–Kier alpha value is -2.80. The summed E-state index contributed by atoms with van der Waals surface area (Å²) in [6.45, 7) is 1.31. The lowest BCUT2D eigenvalue weighted by Gasteiger charge is -2.32. The summed E-state index contributed by atoms with van der Waals surface area (Å²) in [6, 6.07) is 9.03. The average molecular weight is 371 g/mol. The molecule has 0 bridgehead atoms. The minimum absolute atomic E-state index is 0.0769. The molecule has 1 aliphatic heterocycles. The number of nitrogens with zero attached hydrogens (tertiary/aromatic N) is 2. The molecule has 1 atom stereocenters. The van der Waals surface area contributed by atoms with Crippen molar-refractivity contribution < 1.29 is 18.7 Å². The van der Waals surface area contributed by atoms with E-state index >= 15 is 0 Å². The first-order chi connectivity index (χ1) is 13.1. The number of hydrogen-bond donors (Lipinski definition) is 1. The molecule has 2 aromatic rings. The van der Waals surface area contributed by atoms with E-state index in [0.29, 0.717) is 30.8 Å². The lowest BCUT2D eigenvalue weighted by molar-refractivity contribution is 0.0631. The summed E-state index contributed by atoms with van der Waals surface area (Å²) in [5.41, 5.74) is 5.99. The van der Waals surface area contributed by atoms with Gasteiger partial charge in [0.15, 0.2) is 5.78 Å². The summed E-state index contributed by atoms with van der Waals surface area (Å²) in [7, 11) is 0. The van der Waals surface area contributed by atoms with E-state index in [4.69, 9.17) is 10.5 Å². The minimum atomic E-state index is -0.517. The molecule has 142 valence electrons. The van der Waals surface area contributed by atoms with Gasteiger partial charge in [-0.05, 0) is 43.2 Å². The van der Waals surface area contributed by atoms with Crippen LogP contribution in [0.4, 0.5) is 4.39 Å². The van der Waals surface area contributed by atoms with Crippen molar-refractivity contribution in [1.82, 2.24) is 9.88 Å². The third-order valence-corrected chi connectivity index (χ3v) is 4.54. The minimum Gasteiger partial charge on any atom is -0.491 e. The lowest BCUT2D eigenvalue weighted by Crippen LogP contribution is -2.42. The Balaban J connectivity index is 1.77. The summed E-state index contributed by atoms with van der Waals surface area (Å²) in [5, 5.41) is 0. The maximum Gasteiger partial charge on any atom is 0.257 e. The van der Waals surface area contributed by atoms with Gasteiger partial charge in [-0.15, -0.1) is 0 Å². The van der Waals surface area contributed by atoms with Crippen molar-refractivity contribution in [1.29, 1.82) is 0 Å². The van der Waals surface area contributed by atoms with Gasteiger partial charge in [0.1, 0.15) is 23.9 Å². The van der Waals surface area contributed by atoms with Gasteiger partial charge in [0.2, 0.25) is 0 Å². The number of carbonyl (C=O) groups excluding carboxylic acids is 2. The molecule has 1 amide bonds. The molecule has 6 nitrogen and oxygen atoms in total. The number of halogens is 1. The molecule has 1 aromatic carbocycles. The fourth-order valence-electron chi connectivity index (χ4n) is 3.23. The second-order valence-electron chi connectivity index (χ2n) is 6.45. The fraction of sp³-hybridized carbons (Fsp3) is 0.350. The predicted octanol–water partition coefficient (Wildman–Crippen LogP) is 2.29. The van der Waals surface area contributed by atoms with Crippen LogP contribution in [0.5, 0.6) is 5.75 Å². The van der Waals surface area contributed by atoms with Gasteiger partial charge in [-0.2, -0.15) is 0 Å². The summed E-state index contributed by atoms with van der Waals surface area (Å²) in [4.78, 5) is 31.3. The highest BCUT2D eigenvalue weighted by atomic mass is 19.1. The second kappa shape index (κ2) is 8.73. The van der Waals surface area contributed by atoms with Crippen molar-refractivity contribution in [2.24, 2.45) is 11.7 Å². The zero-order chi connectivity index (χ0) is 19.2. The summed E-state index contributed by atoms with van der Waals surface area (Å²) in [5.74, 6) is -0.965. The fourth-order valence-corrected chi connectivity index (χ4v) is 3.23. The molecule has 27 heavy (non-hydrogen) atoms. The Bertz CT molecular complexity index is 813. The van der Waals surface area contributed by atoms with Gasteiger partial charge >= 0.3 is 0 Å². The van der Waals surface area contributed by atoms with Crippen molar-refractivity contribution in [2.75, 3.05) is 26.2 Å². The van der Waals surface area contributed by atoms with Crippen LogP contribution in [-0.4, -0.2) is 47.8 Å². The molecule has 1 saturated heterocycles. The molecular formula is C20H22FN3O3. The Kier molecular flexibility index (Phi) is 6.13. The lowest BCUT2D eigenvalue weighted by atomic mass is 9.91. The van der Waals surface area contributed by atoms with E-state index in [1.807, 2.05) is 0 Å². The van der Waals surface area contributed by atoms with Crippen LogP contribution in [0.3, 0.4) is 0 Å². The van der Waals surface area contributed by atoms with Crippen molar-refractivity contribution in [2.45, 2.75) is 12.8 Å². The molecule has 0 aliphatic carbocycles. The van der Waals surface area contributed by atoms with Gasteiger partial charge in [-0.25, -0.2) is 4.39 Å². The molecule has 0 spiro atoms.